The molecule has 3 unspecified atom stereocenters. The lowest BCUT2D eigenvalue weighted by molar-refractivity contribution is -0.0634. The van der Waals surface area contributed by atoms with Crippen LogP contribution in [0.5, 0.6) is 0 Å². The van der Waals surface area contributed by atoms with Crippen molar-refractivity contribution < 1.29 is 9.13 Å². The molecule has 1 aromatic carbocycles. The van der Waals surface area contributed by atoms with Gasteiger partial charge in [-0.1, -0.05) is 17.7 Å². The smallest absolute Gasteiger partial charge is 0.141 e. The summed E-state index contributed by atoms with van der Waals surface area (Å²) >= 11 is 5.86. The fourth-order valence-corrected chi connectivity index (χ4v) is 3.63. The average Bonchev–Trinajstić information content (AvgIpc) is 2.95. The summed E-state index contributed by atoms with van der Waals surface area (Å²) in [4.78, 5) is 2.54. The monoisotopic (exact) mass is 312 g/mol. The van der Waals surface area contributed by atoms with Gasteiger partial charge in [-0.05, 0) is 50.6 Å². The largest absolute Gasteiger partial charge is 0.374 e. The standard InChI is InChI=1S/C16H22ClFN2O/c1-19-15(8-11-4-5-14(18)13(17)7-11)16-9-20-6-2-3-12(20)10-21-16/h4-5,7,12,15-16,19H,2-3,6,8-10H2,1H3. The van der Waals surface area contributed by atoms with E-state index in [-0.39, 0.29) is 23.0 Å². The van der Waals surface area contributed by atoms with Crippen molar-refractivity contribution in [3.05, 3.63) is 34.6 Å². The van der Waals surface area contributed by atoms with Crippen LogP contribution in [0.2, 0.25) is 5.02 Å². The zero-order valence-corrected chi connectivity index (χ0v) is 13.1. The van der Waals surface area contributed by atoms with Gasteiger partial charge in [-0.2, -0.15) is 0 Å². The van der Waals surface area contributed by atoms with Crippen LogP contribution >= 0.6 is 11.6 Å². The first-order valence-electron chi connectivity index (χ1n) is 7.64. The molecule has 3 atom stereocenters. The zero-order chi connectivity index (χ0) is 14.8. The Morgan fingerprint density at radius 3 is 3.14 bits per heavy atom. The minimum atomic E-state index is -0.366. The van der Waals surface area contributed by atoms with Crippen molar-refractivity contribution in [3.63, 3.8) is 0 Å². The molecule has 5 heteroatoms. The van der Waals surface area contributed by atoms with Crippen LogP contribution in [-0.2, 0) is 11.2 Å². The van der Waals surface area contributed by atoms with E-state index in [1.807, 2.05) is 7.05 Å². The normalized spacial score (nSPS) is 27.6. The molecule has 0 saturated carbocycles. The van der Waals surface area contributed by atoms with E-state index < -0.39 is 0 Å². The molecule has 21 heavy (non-hydrogen) atoms. The third kappa shape index (κ3) is 3.39. The lowest BCUT2D eigenvalue weighted by atomic mass is 9.99. The number of benzene rings is 1. The summed E-state index contributed by atoms with van der Waals surface area (Å²) in [5.41, 5.74) is 1.04. The van der Waals surface area contributed by atoms with Gasteiger partial charge in [0.25, 0.3) is 0 Å². The molecule has 2 aliphatic heterocycles. The maximum Gasteiger partial charge on any atom is 0.141 e. The summed E-state index contributed by atoms with van der Waals surface area (Å²) in [6.07, 6.45) is 3.50. The van der Waals surface area contributed by atoms with Crippen molar-refractivity contribution in [2.75, 3.05) is 26.7 Å². The fraction of sp³-hybridized carbons (Fsp3) is 0.625. The number of hydrogen-bond acceptors (Lipinski definition) is 3. The number of halogens is 2. The quantitative estimate of drug-likeness (QED) is 0.924. The molecule has 2 saturated heterocycles. The third-order valence-electron chi connectivity index (χ3n) is 4.68. The van der Waals surface area contributed by atoms with Crippen LogP contribution in [0.1, 0.15) is 18.4 Å². The summed E-state index contributed by atoms with van der Waals surface area (Å²) in [6, 6.07) is 5.77. The summed E-state index contributed by atoms with van der Waals surface area (Å²) in [5, 5.41) is 3.53. The molecular formula is C16H22ClFN2O. The maximum atomic E-state index is 13.2. The van der Waals surface area contributed by atoms with E-state index in [9.17, 15) is 4.39 Å². The number of hydrogen-bond donors (Lipinski definition) is 1. The second kappa shape index (κ2) is 6.61. The highest BCUT2D eigenvalue weighted by molar-refractivity contribution is 6.30. The molecule has 2 aliphatic rings. The fourth-order valence-electron chi connectivity index (χ4n) is 3.43. The third-order valence-corrected chi connectivity index (χ3v) is 4.97. The lowest BCUT2D eigenvalue weighted by Crippen LogP contribution is -2.54. The number of ether oxygens (including phenoxy) is 1. The molecule has 116 valence electrons. The topological polar surface area (TPSA) is 24.5 Å². The minimum Gasteiger partial charge on any atom is -0.374 e. The molecule has 1 aromatic rings. The van der Waals surface area contributed by atoms with E-state index in [4.69, 9.17) is 16.3 Å². The van der Waals surface area contributed by atoms with Gasteiger partial charge in [0.1, 0.15) is 5.82 Å². The number of morpholine rings is 1. The van der Waals surface area contributed by atoms with E-state index in [0.717, 1.165) is 25.1 Å². The van der Waals surface area contributed by atoms with Crippen LogP contribution in [-0.4, -0.2) is 49.8 Å². The molecular weight excluding hydrogens is 291 g/mol. The van der Waals surface area contributed by atoms with Gasteiger partial charge in [0.2, 0.25) is 0 Å². The summed E-state index contributed by atoms with van der Waals surface area (Å²) in [7, 11) is 1.95. The zero-order valence-electron chi connectivity index (χ0n) is 12.3. The first-order valence-corrected chi connectivity index (χ1v) is 8.02. The van der Waals surface area contributed by atoms with Crippen molar-refractivity contribution in [3.8, 4) is 0 Å². The number of nitrogens with one attached hydrogen (secondary N) is 1. The van der Waals surface area contributed by atoms with E-state index in [1.54, 1.807) is 12.1 Å². The Balaban J connectivity index is 1.65. The highest BCUT2D eigenvalue weighted by atomic mass is 35.5. The Bertz CT molecular complexity index is 499. The molecule has 3 rings (SSSR count). The van der Waals surface area contributed by atoms with Crippen LogP contribution in [0.4, 0.5) is 4.39 Å². The van der Waals surface area contributed by atoms with E-state index in [1.165, 1.54) is 25.5 Å². The van der Waals surface area contributed by atoms with Crippen molar-refractivity contribution in [1.29, 1.82) is 0 Å². The number of nitrogens with zero attached hydrogens (tertiary/aromatic N) is 1. The summed E-state index contributed by atoms with van der Waals surface area (Å²) < 4.78 is 19.3. The number of rotatable bonds is 4. The molecule has 0 amide bonds. The van der Waals surface area contributed by atoms with Crippen LogP contribution in [0.25, 0.3) is 0 Å². The van der Waals surface area contributed by atoms with Crippen LogP contribution in [0.3, 0.4) is 0 Å². The predicted octanol–water partition coefficient (Wildman–Crippen LogP) is 2.47. The molecule has 0 aromatic heterocycles. The summed E-state index contributed by atoms with van der Waals surface area (Å²) in [5.74, 6) is -0.366. The van der Waals surface area contributed by atoms with Gasteiger partial charge in [0, 0.05) is 18.6 Å². The molecule has 0 aliphatic carbocycles. The molecule has 1 N–H and O–H groups in total. The van der Waals surface area contributed by atoms with Gasteiger partial charge in [-0.3, -0.25) is 4.90 Å². The highest BCUT2D eigenvalue weighted by Crippen LogP contribution is 2.25. The van der Waals surface area contributed by atoms with E-state index in [0.29, 0.717) is 6.04 Å². The number of fused-ring (bicyclic) bond motifs is 1. The average molecular weight is 313 g/mol. The number of likely N-dealkylation sites (N-methyl/N-ethyl adjacent to an activating group) is 1. The summed E-state index contributed by atoms with van der Waals surface area (Å²) in [6.45, 7) is 2.99. The first kappa shape index (κ1) is 15.2. The first-order chi connectivity index (χ1) is 10.2. The Morgan fingerprint density at radius 1 is 1.52 bits per heavy atom. The minimum absolute atomic E-state index is 0.174. The van der Waals surface area contributed by atoms with Gasteiger partial charge in [-0.25, -0.2) is 4.39 Å². The molecule has 3 nitrogen and oxygen atoms in total. The van der Waals surface area contributed by atoms with Gasteiger partial charge in [-0.15, -0.1) is 0 Å². The van der Waals surface area contributed by atoms with Gasteiger partial charge in [0.15, 0.2) is 0 Å². The maximum absolute atomic E-state index is 13.2. The van der Waals surface area contributed by atoms with Gasteiger partial charge >= 0.3 is 0 Å². The Kier molecular flexibility index (Phi) is 4.79. The van der Waals surface area contributed by atoms with Crippen LogP contribution in [0.15, 0.2) is 18.2 Å². The molecule has 0 radical (unpaired) electrons. The second-order valence-electron chi connectivity index (χ2n) is 6.01. The van der Waals surface area contributed by atoms with Crippen LogP contribution in [0, 0.1) is 5.82 Å². The molecule has 0 bridgehead atoms. The Morgan fingerprint density at radius 2 is 2.38 bits per heavy atom. The van der Waals surface area contributed by atoms with Crippen molar-refractivity contribution in [1.82, 2.24) is 10.2 Å². The second-order valence-corrected chi connectivity index (χ2v) is 6.42. The Hall–Kier alpha value is -0.680. The Labute approximate surface area is 130 Å². The van der Waals surface area contributed by atoms with Crippen molar-refractivity contribution >= 4 is 11.6 Å². The van der Waals surface area contributed by atoms with Gasteiger partial charge in [0.05, 0.1) is 17.7 Å². The molecule has 2 fully saturated rings. The predicted molar refractivity (Wildman–Crippen MR) is 82.3 cm³/mol. The molecule has 0 spiro atoms. The van der Waals surface area contributed by atoms with Crippen LogP contribution < -0.4 is 5.32 Å². The van der Waals surface area contributed by atoms with E-state index >= 15 is 0 Å². The lowest BCUT2D eigenvalue weighted by Gasteiger charge is -2.39. The van der Waals surface area contributed by atoms with Crippen molar-refractivity contribution in [2.24, 2.45) is 0 Å². The molecule has 2 heterocycles. The van der Waals surface area contributed by atoms with Crippen molar-refractivity contribution in [2.45, 2.75) is 37.5 Å². The van der Waals surface area contributed by atoms with E-state index in [2.05, 4.69) is 10.2 Å². The highest BCUT2D eigenvalue weighted by Gasteiger charge is 2.35. The SMILES string of the molecule is CNC(Cc1ccc(F)c(Cl)c1)C1CN2CCCC2CO1. The van der Waals surface area contributed by atoms with Gasteiger partial charge < -0.3 is 10.1 Å².